The Labute approximate surface area is 162 Å². The van der Waals surface area contributed by atoms with Gasteiger partial charge in [-0.05, 0) is 69.6 Å². The molecule has 0 aliphatic carbocycles. The second-order valence-electron chi connectivity index (χ2n) is 6.97. The van der Waals surface area contributed by atoms with E-state index in [4.69, 9.17) is 0 Å². The number of aliphatic imine (C=N–C) groups is 1. The minimum atomic E-state index is -0.202. The molecule has 150 valence electrons. The van der Waals surface area contributed by atoms with Crippen LogP contribution in [0.25, 0.3) is 10.9 Å². The number of hydrogen-bond donors (Lipinski definition) is 3. The zero-order valence-corrected chi connectivity index (χ0v) is 17.1. The first-order valence-electron chi connectivity index (χ1n) is 10.0. The van der Waals surface area contributed by atoms with Gasteiger partial charge in [0.1, 0.15) is 5.82 Å². The largest absolute Gasteiger partial charge is 0.361 e. The molecule has 0 saturated heterocycles. The van der Waals surface area contributed by atoms with Gasteiger partial charge in [-0.15, -0.1) is 0 Å². The van der Waals surface area contributed by atoms with Crippen LogP contribution in [0.2, 0.25) is 0 Å². The zero-order valence-electron chi connectivity index (χ0n) is 17.1. The quantitative estimate of drug-likeness (QED) is 0.440. The SMILES string of the molecule is CCN(CC)CCCC(C)NC(=NC)NCCc1c[nH]c2ccc(F)cc12. The fourth-order valence-corrected chi connectivity index (χ4v) is 3.33. The van der Waals surface area contributed by atoms with Crippen LogP contribution in [-0.2, 0) is 6.42 Å². The van der Waals surface area contributed by atoms with Crippen molar-refractivity contribution in [3.8, 4) is 0 Å². The van der Waals surface area contributed by atoms with E-state index in [1.54, 1.807) is 19.2 Å². The van der Waals surface area contributed by atoms with Crippen LogP contribution in [0.3, 0.4) is 0 Å². The second kappa shape index (κ2) is 10.9. The molecule has 0 spiro atoms. The molecule has 0 fully saturated rings. The topological polar surface area (TPSA) is 55.4 Å². The molecule has 27 heavy (non-hydrogen) atoms. The van der Waals surface area contributed by atoms with E-state index in [0.29, 0.717) is 6.04 Å². The van der Waals surface area contributed by atoms with Crippen LogP contribution in [0, 0.1) is 5.82 Å². The first kappa shape index (κ1) is 21.2. The summed E-state index contributed by atoms with van der Waals surface area (Å²) in [5.74, 6) is 0.615. The summed E-state index contributed by atoms with van der Waals surface area (Å²) in [6, 6.07) is 5.22. The Kier molecular flexibility index (Phi) is 8.58. The van der Waals surface area contributed by atoms with Crippen molar-refractivity contribution in [2.75, 3.05) is 33.2 Å². The molecule has 1 heterocycles. The van der Waals surface area contributed by atoms with Gasteiger partial charge >= 0.3 is 0 Å². The van der Waals surface area contributed by atoms with Crippen molar-refractivity contribution < 1.29 is 4.39 Å². The molecule has 0 radical (unpaired) electrons. The van der Waals surface area contributed by atoms with Crippen LogP contribution in [0.15, 0.2) is 29.4 Å². The van der Waals surface area contributed by atoms with Gasteiger partial charge in [-0.3, -0.25) is 4.99 Å². The molecule has 0 bridgehead atoms. The number of aromatic nitrogens is 1. The molecular weight excluding hydrogens is 341 g/mol. The van der Waals surface area contributed by atoms with Gasteiger partial charge < -0.3 is 20.5 Å². The lowest BCUT2D eigenvalue weighted by molar-refractivity contribution is 0.292. The Morgan fingerprint density at radius 1 is 1.30 bits per heavy atom. The Bertz CT molecular complexity index is 720. The number of rotatable bonds is 10. The first-order chi connectivity index (χ1) is 13.1. The molecule has 3 N–H and O–H groups in total. The van der Waals surface area contributed by atoms with E-state index >= 15 is 0 Å². The third-order valence-electron chi connectivity index (χ3n) is 5.03. The van der Waals surface area contributed by atoms with Crippen LogP contribution in [0.5, 0.6) is 0 Å². The summed E-state index contributed by atoms with van der Waals surface area (Å²) in [5.41, 5.74) is 2.08. The Morgan fingerprint density at radius 2 is 2.07 bits per heavy atom. The minimum absolute atomic E-state index is 0.202. The molecule has 0 amide bonds. The van der Waals surface area contributed by atoms with Gasteiger partial charge in [-0.25, -0.2) is 4.39 Å². The molecule has 6 heteroatoms. The highest BCUT2D eigenvalue weighted by Gasteiger charge is 2.08. The van der Waals surface area contributed by atoms with Gasteiger partial charge in [0, 0.05) is 36.7 Å². The number of benzene rings is 1. The number of halogens is 1. The highest BCUT2D eigenvalue weighted by atomic mass is 19.1. The van der Waals surface area contributed by atoms with Crippen molar-refractivity contribution in [2.45, 2.75) is 46.1 Å². The molecule has 0 aliphatic heterocycles. The lowest BCUT2D eigenvalue weighted by Crippen LogP contribution is -2.43. The molecule has 1 aromatic heterocycles. The van der Waals surface area contributed by atoms with Crippen molar-refractivity contribution in [1.29, 1.82) is 0 Å². The number of H-pyrrole nitrogens is 1. The molecule has 1 atom stereocenters. The monoisotopic (exact) mass is 375 g/mol. The molecule has 1 unspecified atom stereocenters. The van der Waals surface area contributed by atoms with Crippen molar-refractivity contribution in [2.24, 2.45) is 4.99 Å². The molecule has 2 aromatic rings. The number of aromatic amines is 1. The summed E-state index contributed by atoms with van der Waals surface area (Å²) in [6.45, 7) is 10.7. The van der Waals surface area contributed by atoms with Crippen LogP contribution >= 0.6 is 0 Å². The van der Waals surface area contributed by atoms with Crippen molar-refractivity contribution in [3.05, 3.63) is 35.8 Å². The smallest absolute Gasteiger partial charge is 0.191 e. The predicted octanol–water partition coefficient (Wildman–Crippen LogP) is 3.53. The number of nitrogens with zero attached hydrogens (tertiary/aromatic N) is 2. The Hall–Kier alpha value is -2.08. The van der Waals surface area contributed by atoms with Gasteiger partial charge in [0.05, 0.1) is 0 Å². The number of guanidine groups is 1. The molecule has 1 aromatic carbocycles. The maximum absolute atomic E-state index is 13.5. The van der Waals surface area contributed by atoms with Crippen LogP contribution in [0.4, 0.5) is 4.39 Å². The lowest BCUT2D eigenvalue weighted by Gasteiger charge is -2.21. The molecule has 5 nitrogen and oxygen atoms in total. The Balaban J connectivity index is 1.75. The summed E-state index contributed by atoms with van der Waals surface area (Å²) in [6.07, 6.45) is 5.05. The van der Waals surface area contributed by atoms with Gasteiger partial charge in [0.25, 0.3) is 0 Å². The van der Waals surface area contributed by atoms with Gasteiger partial charge in [-0.2, -0.15) is 0 Å². The Morgan fingerprint density at radius 3 is 2.78 bits per heavy atom. The van der Waals surface area contributed by atoms with E-state index < -0.39 is 0 Å². The zero-order chi connectivity index (χ0) is 19.6. The fourth-order valence-electron chi connectivity index (χ4n) is 3.33. The molecule has 0 aliphatic rings. The van der Waals surface area contributed by atoms with Crippen molar-refractivity contribution in [3.63, 3.8) is 0 Å². The third kappa shape index (κ3) is 6.54. The fraction of sp³-hybridized carbons (Fsp3) is 0.571. The number of fused-ring (bicyclic) bond motifs is 1. The maximum atomic E-state index is 13.5. The van der Waals surface area contributed by atoms with E-state index in [2.05, 4.69) is 46.3 Å². The van der Waals surface area contributed by atoms with E-state index in [-0.39, 0.29) is 5.82 Å². The highest BCUT2D eigenvalue weighted by molar-refractivity contribution is 5.83. The number of hydrogen-bond acceptors (Lipinski definition) is 2. The second-order valence-corrected chi connectivity index (χ2v) is 6.97. The van der Waals surface area contributed by atoms with Crippen molar-refractivity contribution >= 4 is 16.9 Å². The summed E-state index contributed by atoms with van der Waals surface area (Å²) in [4.78, 5) is 9.96. The first-order valence-corrected chi connectivity index (χ1v) is 10.0. The van der Waals surface area contributed by atoms with Crippen LogP contribution < -0.4 is 10.6 Å². The van der Waals surface area contributed by atoms with Crippen LogP contribution in [-0.4, -0.2) is 55.1 Å². The van der Waals surface area contributed by atoms with Crippen LogP contribution in [0.1, 0.15) is 39.2 Å². The van der Waals surface area contributed by atoms with E-state index in [1.165, 1.54) is 12.5 Å². The van der Waals surface area contributed by atoms with Crippen molar-refractivity contribution in [1.82, 2.24) is 20.5 Å². The highest BCUT2D eigenvalue weighted by Crippen LogP contribution is 2.19. The average molecular weight is 376 g/mol. The lowest BCUT2D eigenvalue weighted by atomic mass is 10.1. The van der Waals surface area contributed by atoms with E-state index in [0.717, 1.165) is 61.4 Å². The summed E-state index contributed by atoms with van der Waals surface area (Å²) in [5, 5.41) is 7.76. The maximum Gasteiger partial charge on any atom is 0.191 e. The molecule has 0 saturated carbocycles. The minimum Gasteiger partial charge on any atom is -0.361 e. The number of nitrogens with one attached hydrogen (secondary N) is 3. The standard InChI is InChI=1S/C21H34FN5/c1-5-27(6-2)13-7-8-16(3)26-21(23-4)24-12-11-17-15-25-20-10-9-18(22)14-19(17)20/h9-10,14-16,25H,5-8,11-13H2,1-4H3,(H2,23,24,26). The molecular formula is C21H34FN5. The summed E-state index contributed by atoms with van der Waals surface area (Å²) < 4.78 is 13.5. The average Bonchev–Trinajstić information content (AvgIpc) is 3.06. The predicted molar refractivity (Wildman–Crippen MR) is 113 cm³/mol. The van der Waals surface area contributed by atoms with E-state index in [1.807, 2.05) is 6.20 Å². The normalized spacial score (nSPS) is 13.3. The van der Waals surface area contributed by atoms with Gasteiger partial charge in [-0.1, -0.05) is 13.8 Å². The summed E-state index contributed by atoms with van der Waals surface area (Å²) in [7, 11) is 1.79. The molecule has 2 rings (SSSR count). The summed E-state index contributed by atoms with van der Waals surface area (Å²) >= 11 is 0. The third-order valence-corrected chi connectivity index (χ3v) is 5.03. The van der Waals surface area contributed by atoms with Gasteiger partial charge in [0.2, 0.25) is 0 Å². The van der Waals surface area contributed by atoms with Gasteiger partial charge in [0.15, 0.2) is 5.96 Å². The van der Waals surface area contributed by atoms with E-state index in [9.17, 15) is 4.39 Å².